The first-order valence-corrected chi connectivity index (χ1v) is 6.23. The summed E-state index contributed by atoms with van der Waals surface area (Å²) < 4.78 is 0. The topological polar surface area (TPSA) is 29.1 Å². The van der Waals surface area contributed by atoms with E-state index in [4.69, 9.17) is 23.2 Å². The number of alkyl halides is 1. The molecule has 0 atom stereocenters. The molecule has 1 aromatic carbocycles. The number of carbonyl (C=O) groups excluding carboxylic acids is 1. The van der Waals surface area contributed by atoms with Crippen molar-refractivity contribution in [2.24, 2.45) is 0 Å². The Kier molecular flexibility index (Phi) is 5.64. The second-order valence-corrected chi connectivity index (χ2v) is 4.29. The molecule has 0 aliphatic rings. The predicted molar refractivity (Wildman–Crippen MR) is 69.4 cm³/mol. The standard InChI is InChI=1S/C12H15Cl2NO/c1-2-9-5-6-10(14)11(8-9)15-12(16)4-3-7-13/h5-6,8H,2-4,7H2,1H3,(H,15,16). The first-order chi connectivity index (χ1) is 7.67. The van der Waals surface area contributed by atoms with Crippen molar-refractivity contribution in [1.82, 2.24) is 0 Å². The van der Waals surface area contributed by atoms with E-state index in [2.05, 4.69) is 12.2 Å². The molecule has 0 saturated carbocycles. The molecule has 88 valence electrons. The van der Waals surface area contributed by atoms with Crippen LogP contribution in [0.1, 0.15) is 25.3 Å². The molecule has 0 spiro atoms. The van der Waals surface area contributed by atoms with Gasteiger partial charge in [-0.05, 0) is 30.5 Å². The van der Waals surface area contributed by atoms with Gasteiger partial charge in [0.1, 0.15) is 0 Å². The van der Waals surface area contributed by atoms with Gasteiger partial charge in [0.2, 0.25) is 5.91 Å². The molecule has 0 unspecified atom stereocenters. The van der Waals surface area contributed by atoms with Crippen LogP contribution in [0.25, 0.3) is 0 Å². The largest absolute Gasteiger partial charge is 0.325 e. The van der Waals surface area contributed by atoms with E-state index < -0.39 is 0 Å². The number of rotatable bonds is 5. The highest BCUT2D eigenvalue weighted by Crippen LogP contribution is 2.23. The summed E-state index contributed by atoms with van der Waals surface area (Å²) >= 11 is 11.5. The van der Waals surface area contributed by atoms with Crippen molar-refractivity contribution in [2.45, 2.75) is 26.2 Å². The van der Waals surface area contributed by atoms with Crippen molar-refractivity contribution in [2.75, 3.05) is 11.2 Å². The highest BCUT2D eigenvalue weighted by Gasteiger charge is 2.06. The maximum atomic E-state index is 11.5. The fourth-order valence-electron chi connectivity index (χ4n) is 1.33. The van der Waals surface area contributed by atoms with Crippen molar-refractivity contribution < 1.29 is 4.79 Å². The number of carbonyl (C=O) groups is 1. The Labute approximate surface area is 106 Å². The number of aryl methyl sites for hydroxylation is 1. The van der Waals surface area contributed by atoms with E-state index in [1.807, 2.05) is 12.1 Å². The lowest BCUT2D eigenvalue weighted by Gasteiger charge is -2.08. The lowest BCUT2D eigenvalue weighted by Crippen LogP contribution is -2.11. The third-order valence-corrected chi connectivity index (χ3v) is 2.85. The molecule has 0 aliphatic heterocycles. The minimum atomic E-state index is -0.0456. The molecular formula is C12H15Cl2NO. The zero-order chi connectivity index (χ0) is 12.0. The lowest BCUT2D eigenvalue weighted by molar-refractivity contribution is -0.116. The number of halogens is 2. The minimum absolute atomic E-state index is 0.0456. The molecular weight excluding hydrogens is 245 g/mol. The SMILES string of the molecule is CCc1ccc(Cl)c(NC(=O)CCCCl)c1. The van der Waals surface area contributed by atoms with Crippen molar-refractivity contribution in [3.05, 3.63) is 28.8 Å². The van der Waals surface area contributed by atoms with Crippen LogP contribution in [0.2, 0.25) is 5.02 Å². The van der Waals surface area contributed by atoms with Gasteiger partial charge < -0.3 is 5.32 Å². The van der Waals surface area contributed by atoms with Crippen LogP contribution in [0, 0.1) is 0 Å². The molecule has 1 aromatic rings. The average molecular weight is 260 g/mol. The number of benzene rings is 1. The smallest absolute Gasteiger partial charge is 0.224 e. The first-order valence-electron chi connectivity index (χ1n) is 5.31. The van der Waals surface area contributed by atoms with Crippen LogP contribution in [0.15, 0.2) is 18.2 Å². The van der Waals surface area contributed by atoms with Gasteiger partial charge in [-0.15, -0.1) is 11.6 Å². The first kappa shape index (κ1) is 13.3. The number of hydrogen-bond acceptors (Lipinski definition) is 1. The van der Waals surface area contributed by atoms with Crippen LogP contribution >= 0.6 is 23.2 Å². The van der Waals surface area contributed by atoms with Crippen LogP contribution in [-0.4, -0.2) is 11.8 Å². The van der Waals surface area contributed by atoms with E-state index in [0.717, 1.165) is 12.0 Å². The van der Waals surface area contributed by atoms with Crippen molar-refractivity contribution in [3.8, 4) is 0 Å². The lowest BCUT2D eigenvalue weighted by atomic mass is 10.1. The number of amides is 1. The molecule has 16 heavy (non-hydrogen) atoms. The van der Waals surface area contributed by atoms with Crippen LogP contribution in [-0.2, 0) is 11.2 Å². The van der Waals surface area contributed by atoms with Crippen LogP contribution in [0.4, 0.5) is 5.69 Å². The minimum Gasteiger partial charge on any atom is -0.325 e. The Balaban J connectivity index is 2.68. The van der Waals surface area contributed by atoms with Gasteiger partial charge in [-0.3, -0.25) is 4.79 Å². The maximum absolute atomic E-state index is 11.5. The van der Waals surface area contributed by atoms with E-state index >= 15 is 0 Å². The Hall–Kier alpha value is -0.730. The Morgan fingerprint density at radius 1 is 1.44 bits per heavy atom. The monoisotopic (exact) mass is 259 g/mol. The highest BCUT2D eigenvalue weighted by atomic mass is 35.5. The summed E-state index contributed by atoms with van der Waals surface area (Å²) in [6, 6.07) is 5.66. The van der Waals surface area contributed by atoms with Gasteiger partial charge in [0.15, 0.2) is 0 Å². The van der Waals surface area contributed by atoms with Crippen LogP contribution in [0.5, 0.6) is 0 Å². The van der Waals surface area contributed by atoms with Gasteiger partial charge in [0.05, 0.1) is 10.7 Å². The Morgan fingerprint density at radius 2 is 2.19 bits per heavy atom. The van der Waals surface area contributed by atoms with E-state index in [-0.39, 0.29) is 5.91 Å². The number of hydrogen-bond donors (Lipinski definition) is 1. The van der Waals surface area contributed by atoms with Crippen LogP contribution in [0.3, 0.4) is 0 Å². The van der Waals surface area contributed by atoms with Crippen molar-refractivity contribution in [3.63, 3.8) is 0 Å². The summed E-state index contributed by atoms with van der Waals surface area (Å²) in [5.74, 6) is 0.451. The summed E-state index contributed by atoms with van der Waals surface area (Å²) in [6.07, 6.45) is 2.02. The third-order valence-electron chi connectivity index (χ3n) is 2.25. The summed E-state index contributed by atoms with van der Waals surface area (Å²) in [5.41, 5.74) is 1.83. The van der Waals surface area contributed by atoms with Crippen LogP contribution < -0.4 is 5.32 Å². The fraction of sp³-hybridized carbons (Fsp3) is 0.417. The summed E-state index contributed by atoms with van der Waals surface area (Å²) in [7, 11) is 0. The summed E-state index contributed by atoms with van der Waals surface area (Å²) in [4.78, 5) is 11.5. The average Bonchev–Trinajstić information content (AvgIpc) is 2.29. The third kappa shape index (κ3) is 4.03. The predicted octanol–water partition coefficient (Wildman–Crippen LogP) is 3.86. The molecule has 0 fully saturated rings. The second kappa shape index (κ2) is 6.77. The molecule has 1 N–H and O–H groups in total. The van der Waals surface area contributed by atoms with Gasteiger partial charge in [-0.25, -0.2) is 0 Å². The van der Waals surface area contributed by atoms with Crippen molar-refractivity contribution >= 4 is 34.8 Å². The molecule has 4 heteroatoms. The van der Waals surface area contributed by atoms with E-state index in [0.29, 0.717) is 29.4 Å². The maximum Gasteiger partial charge on any atom is 0.224 e. The van der Waals surface area contributed by atoms with Crippen molar-refractivity contribution in [1.29, 1.82) is 0 Å². The molecule has 0 bridgehead atoms. The zero-order valence-electron chi connectivity index (χ0n) is 9.22. The molecule has 2 nitrogen and oxygen atoms in total. The van der Waals surface area contributed by atoms with Gasteiger partial charge in [0.25, 0.3) is 0 Å². The van der Waals surface area contributed by atoms with Gasteiger partial charge in [-0.1, -0.05) is 24.6 Å². The fourth-order valence-corrected chi connectivity index (χ4v) is 1.63. The normalized spacial score (nSPS) is 10.2. The van der Waals surface area contributed by atoms with E-state index in [1.54, 1.807) is 6.07 Å². The Morgan fingerprint density at radius 3 is 2.81 bits per heavy atom. The quantitative estimate of drug-likeness (QED) is 0.800. The number of anilines is 1. The Bertz CT molecular complexity index is 366. The summed E-state index contributed by atoms with van der Waals surface area (Å²) in [5, 5.41) is 3.36. The molecule has 0 aliphatic carbocycles. The van der Waals surface area contributed by atoms with Gasteiger partial charge >= 0.3 is 0 Å². The molecule has 0 heterocycles. The second-order valence-electron chi connectivity index (χ2n) is 3.51. The van der Waals surface area contributed by atoms with Gasteiger partial charge in [-0.2, -0.15) is 0 Å². The molecule has 0 saturated heterocycles. The molecule has 1 rings (SSSR count). The molecule has 0 aromatic heterocycles. The molecule has 1 amide bonds. The molecule has 0 radical (unpaired) electrons. The van der Waals surface area contributed by atoms with E-state index in [9.17, 15) is 4.79 Å². The van der Waals surface area contributed by atoms with E-state index in [1.165, 1.54) is 0 Å². The zero-order valence-corrected chi connectivity index (χ0v) is 10.7. The summed E-state index contributed by atoms with van der Waals surface area (Å²) in [6.45, 7) is 2.06. The highest BCUT2D eigenvalue weighted by molar-refractivity contribution is 6.33. The van der Waals surface area contributed by atoms with Gasteiger partial charge in [0, 0.05) is 12.3 Å². The number of nitrogens with one attached hydrogen (secondary N) is 1.